The fraction of sp³-hybridized carbons (Fsp3) is 0.312. The molecule has 0 aliphatic carbocycles. The van der Waals surface area contributed by atoms with Crippen molar-refractivity contribution in [1.82, 2.24) is 5.32 Å². The summed E-state index contributed by atoms with van der Waals surface area (Å²) in [5, 5.41) is 4.12. The van der Waals surface area contributed by atoms with Crippen LogP contribution in [0.25, 0.3) is 10.8 Å². The van der Waals surface area contributed by atoms with Crippen LogP contribution in [0.4, 0.5) is 9.18 Å². The van der Waals surface area contributed by atoms with E-state index in [-0.39, 0.29) is 11.9 Å². The van der Waals surface area contributed by atoms with E-state index < -0.39 is 6.09 Å². The molecule has 0 heterocycles. The Morgan fingerprint density at radius 1 is 1.30 bits per heavy atom. The van der Waals surface area contributed by atoms with Gasteiger partial charge >= 0.3 is 6.09 Å². The Hall–Kier alpha value is -2.10. The highest BCUT2D eigenvalue weighted by molar-refractivity contribution is 5.86. The highest BCUT2D eigenvalue weighted by Crippen LogP contribution is 2.23. The lowest BCUT2D eigenvalue weighted by Crippen LogP contribution is -2.26. The number of aryl methyl sites for hydroxylation is 1. The van der Waals surface area contributed by atoms with E-state index in [1.807, 2.05) is 19.1 Å². The number of benzene rings is 2. The molecule has 0 saturated heterocycles. The molecule has 2 aromatic carbocycles. The normalized spacial score (nSPS) is 10.8. The van der Waals surface area contributed by atoms with Crippen LogP contribution in [0.1, 0.15) is 25.0 Å². The molecule has 0 aliphatic rings. The molecule has 2 aromatic rings. The molecular formula is C16H18FNO2. The zero-order chi connectivity index (χ0) is 14.7. The number of fused-ring (bicyclic) bond motifs is 1. The van der Waals surface area contributed by atoms with Crippen molar-refractivity contribution in [2.24, 2.45) is 0 Å². The van der Waals surface area contributed by atoms with Crippen molar-refractivity contribution in [3.8, 4) is 0 Å². The SMILES string of the molecule is Cc1cc(CNC(=O)OC(C)C)cc2c(F)cccc12. The van der Waals surface area contributed by atoms with Crippen LogP contribution < -0.4 is 5.32 Å². The Kier molecular flexibility index (Phi) is 4.23. The molecule has 0 aromatic heterocycles. The molecule has 1 N–H and O–H groups in total. The van der Waals surface area contributed by atoms with E-state index in [4.69, 9.17) is 4.74 Å². The number of nitrogens with one attached hydrogen (secondary N) is 1. The number of ether oxygens (including phenoxy) is 1. The third-order valence-corrected chi connectivity index (χ3v) is 2.99. The highest BCUT2D eigenvalue weighted by Gasteiger charge is 2.08. The molecule has 1 amide bonds. The summed E-state index contributed by atoms with van der Waals surface area (Å²) in [6, 6.07) is 8.72. The molecule has 106 valence electrons. The maximum Gasteiger partial charge on any atom is 0.407 e. The first kappa shape index (κ1) is 14.3. The quantitative estimate of drug-likeness (QED) is 0.922. The van der Waals surface area contributed by atoms with Crippen LogP contribution in [0.3, 0.4) is 0 Å². The van der Waals surface area contributed by atoms with E-state index in [0.717, 1.165) is 16.5 Å². The molecule has 2 rings (SSSR count). The fourth-order valence-corrected chi connectivity index (χ4v) is 2.14. The van der Waals surface area contributed by atoms with Gasteiger partial charge in [-0.1, -0.05) is 18.2 Å². The lowest BCUT2D eigenvalue weighted by Gasteiger charge is -2.11. The van der Waals surface area contributed by atoms with Crippen LogP contribution in [0, 0.1) is 12.7 Å². The number of carbonyl (C=O) groups excluding carboxylic acids is 1. The Balaban J connectivity index is 2.19. The highest BCUT2D eigenvalue weighted by atomic mass is 19.1. The average molecular weight is 275 g/mol. The van der Waals surface area contributed by atoms with Gasteiger partial charge in [0.1, 0.15) is 5.82 Å². The van der Waals surface area contributed by atoms with E-state index >= 15 is 0 Å². The molecule has 0 spiro atoms. The second-order valence-electron chi connectivity index (χ2n) is 5.06. The number of hydrogen-bond donors (Lipinski definition) is 1. The molecule has 0 saturated carbocycles. The van der Waals surface area contributed by atoms with Gasteiger partial charge in [-0.3, -0.25) is 0 Å². The van der Waals surface area contributed by atoms with Crippen molar-refractivity contribution in [2.45, 2.75) is 33.4 Å². The van der Waals surface area contributed by atoms with Gasteiger partial charge in [-0.25, -0.2) is 9.18 Å². The van der Waals surface area contributed by atoms with Gasteiger partial charge in [0.05, 0.1) is 6.10 Å². The van der Waals surface area contributed by atoms with Gasteiger partial charge in [0, 0.05) is 11.9 Å². The topological polar surface area (TPSA) is 38.3 Å². The predicted molar refractivity (Wildman–Crippen MR) is 77.1 cm³/mol. The van der Waals surface area contributed by atoms with Crippen molar-refractivity contribution < 1.29 is 13.9 Å². The molecule has 0 bridgehead atoms. The van der Waals surface area contributed by atoms with Crippen LogP contribution in [-0.2, 0) is 11.3 Å². The van der Waals surface area contributed by atoms with Gasteiger partial charge in [0.2, 0.25) is 0 Å². The number of halogens is 1. The molecule has 0 fully saturated rings. The largest absolute Gasteiger partial charge is 0.447 e. The van der Waals surface area contributed by atoms with Crippen LogP contribution in [0.5, 0.6) is 0 Å². The van der Waals surface area contributed by atoms with Crippen molar-refractivity contribution in [1.29, 1.82) is 0 Å². The maximum atomic E-state index is 13.8. The second-order valence-corrected chi connectivity index (χ2v) is 5.06. The zero-order valence-electron chi connectivity index (χ0n) is 11.9. The monoisotopic (exact) mass is 275 g/mol. The number of amides is 1. The van der Waals surface area contributed by atoms with Gasteiger partial charge in [0.15, 0.2) is 0 Å². The van der Waals surface area contributed by atoms with Crippen LogP contribution >= 0.6 is 0 Å². The zero-order valence-corrected chi connectivity index (χ0v) is 11.9. The van der Waals surface area contributed by atoms with Crippen LogP contribution in [0.2, 0.25) is 0 Å². The summed E-state index contributed by atoms with van der Waals surface area (Å²) in [5.74, 6) is -0.253. The Labute approximate surface area is 117 Å². The van der Waals surface area contributed by atoms with E-state index in [2.05, 4.69) is 5.32 Å². The molecule has 20 heavy (non-hydrogen) atoms. The Bertz CT molecular complexity index is 638. The van der Waals surface area contributed by atoms with Gasteiger partial charge in [-0.05, 0) is 49.4 Å². The van der Waals surface area contributed by atoms with E-state index in [1.54, 1.807) is 26.0 Å². The maximum absolute atomic E-state index is 13.8. The molecule has 4 heteroatoms. The summed E-state index contributed by atoms with van der Waals surface area (Å²) >= 11 is 0. The summed E-state index contributed by atoms with van der Waals surface area (Å²) < 4.78 is 18.8. The Morgan fingerprint density at radius 2 is 2.05 bits per heavy atom. The van der Waals surface area contributed by atoms with Gasteiger partial charge < -0.3 is 10.1 Å². The standard InChI is InChI=1S/C16H18FNO2/c1-10(2)20-16(19)18-9-12-7-11(3)13-5-4-6-15(17)14(13)8-12/h4-8,10H,9H2,1-3H3,(H,18,19). The number of alkyl carbamates (subject to hydrolysis) is 1. The van der Waals surface area contributed by atoms with Crippen LogP contribution in [-0.4, -0.2) is 12.2 Å². The van der Waals surface area contributed by atoms with Crippen molar-refractivity contribution in [3.63, 3.8) is 0 Å². The van der Waals surface area contributed by atoms with Crippen molar-refractivity contribution in [3.05, 3.63) is 47.3 Å². The Morgan fingerprint density at radius 3 is 2.75 bits per heavy atom. The molecule has 0 atom stereocenters. The van der Waals surface area contributed by atoms with Gasteiger partial charge in [0.25, 0.3) is 0 Å². The third kappa shape index (κ3) is 3.26. The van der Waals surface area contributed by atoms with Crippen molar-refractivity contribution in [2.75, 3.05) is 0 Å². The summed E-state index contributed by atoms with van der Waals surface area (Å²) in [5.41, 5.74) is 1.83. The predicted octanol–water partition coefficient (Wildman–Crippen LogP) is 3.92. The minimum atomic E-state index is -0.466. The number of hydrogen-bond acceptors (Lipinski definition) is 2. The second kappa shape index (κ2) is 5.90. The molecule has 0 unspecified atom stereocenters. The first-order chi connectivity index (χ1) is 9.47. The molecule has 3 nitrogen and oxygen atoms in total. The van der Waals surface area contributed by atoms with E-state index in [1.165, 1.54) is 6.07 Å². The minimum absolute atomic E-state index is 0.161. The molecular weight excluding hydrogens is 257 g/mol. The van der Waals surface area contributed by atoms with Crippen molar-refractivity contribution >= 4 is 16.9 Å². The molecule has 0 radical (unpaired) electrons. The summed E-state index contributed by atoms with van der Waals surface area (Å²) in [6.07, 6.45) is -0.628. The van der Waals surface area contributed by atoms with Gasteiger partial charge in [-0.2, -0.15) is 0 Å². The number of carbonyl (C=O) groups is 1. The average Bonchev–Trinajstić information content (AvgIpc) is 2.37. The van der Waals surface area contributed by atoms with Crippen LogP contribution in [0.15, 0.2) is 30.3 Å². The summed E-state index contributed by atoms with van der Waals surface area (Å²) in [6.45, 7) is 5.82. The lowest BCUT2D eigenvalue weighted by molar-refractivity contribution is 0.115. The van der Waals surface area contributed by atoms with Gasteiger partial charge in [-0.15, -0.1) is 0 Å². The number of rotatable bonds is 3. The third-order valence-electron chi connectivity index (χ3n) is 2.99. The molecule has 0 aliphatic heterocycles. The lowest BCUT2D eigenvalue weighted by atomic mass is 10.0. The first-order valence-corrected chi connectivity index (χ1v) is 6.59. The summed E-state index contributed by atoms with van der Waals surface area (Å²) in [4.78, 5) is 11.4. The van der Waals surface area contributed by atoms with E-state index in [9.17, 15) is 9.18 Å². The smallest absolute Gasteiger partial charge is 0.407 e. The van der Waals surface area contributed by atoms with E-state index in [0.29, 0.717) is 11.9 Å². The fourth-order valence-electron chi connectivity index (χ4n) is 2.14. The summed E-state index contributed by atoms with van der Waals surface area (Å²) in [7, 11) is 0. The minimum Gasteiger partial charge on any atom is -0.447 e. The first-order valence-electron chi connectivity index (χ1n) is 6.59.